The summed E-state index contributed by atoms with van der Waals surface area (Å²) in [6.45, 7) is 7.91. The van der Waals surface area contributed by atoms with Crippen LogP contribution in [-0.4, -0.2) is 41.2 Å². The maximum atomic E-state index is 11.6. The quantitative estimate of drug-likeness (QED) is 0.817. The van der Waals surface area contributed by atoms with E-state index in [0.29, 0.717) is 19.6 Å². The molecule has 1 atom stereocenters. The SMILES string of the molecule is CC(C)(C)NCC(O)COc1cccc2c1CCC[N+](=O)C2. The molecule has 22 heavy (non-hydrogen) atoms. The van der Waals surface area contributed by atoms with Crippen LogP contribution in [0.5, 0.6) is 5.75 Å². The van der Waals surface area contributed by atoms with Crippen LogP contribution < -0.4 is 10.1 Å². The number of hydrogen-bond acceptors (Lipinski definition) is 4. The molecule has 5 heteroatoms. The molecule has 0 bridgehead atoms. The van der Waals surface area contributed by atoms with Crippen molar-refractivity contribution in [3.63, 3.8) is 0 Å². The first kappa shape index (κ1) is 16.9. The number of nitroso groups, excluding NO2 is 1. The van der Waals surface area contributed by atoms with E-state index in [1.165, 1.54) is 0 Å². The van der Waals surface area contributed by atoms with Gasteiger partial charge in [-0.05, 0) is 33.3 Å². The molecule has 0 saturated heterocycles. The van der Waals surface area contributed by atoms with Gasteiger partial charge in [-0.25, -0.2) is 0 Å². The number of nitrogens with zero attached hydrogens (tertiary/aromatic N) is 1. The maximum Gasteiger partial charge on any atom is 0.217 e. The molecular weight excluding hydrogens is 280 g/mol. The Hall–Kier alpha value is -1.46. The van der Waals surface area contributed by atoms with Gasteiger partial charge in [-0.2, -0.15) is 0 Å². The first-order valence-electron chi connectivity index (χ1n) is 7.94. The summed E-state index contributed by atoms with van der Waals surface area (Å²) in [5.41, 5.74) is 2.12. The molecule has 1 aromatic carbocycles. The summed E-state index contributed by atoms with van der Waals surface area (Å²) < 4.78 is 6.91. The number of ether oxygens (including phenoxy) is 1. The van der Waals surface area contributed by atoms with Gasteiger partial charge in [0.15, 0.2) is 6.54 Å². The van der Waals surface area contributed by atoms with Crippen LogP contribution in [0.25, 0.3) is 0 Å². The van der Waals surface area contributed by atoms with Crippen molar-refractivity contribution in [3.8, 4) is 5.75 Å². The number of nitrogens with one attached hydrogen (secondary N) is 1. The lowest BCUT2D eigenvalue weighted by molar-refractivity contribution is -0.563. The van der Waals surface area contributed by atoms with E-state index in [4.69, 9.17) is 4.74 Å². The molecule has 1 unspecified atom stereocenters. The Bertz CT molecular complexity index is 523. The predicted molar refractivity (Wildman–Crippen MR) is 86.2 cm³/mol. The highest BCUT2D eigenvalue weighted by molar-refractivity contribution is 5.40. The highest BCUT2D eigenvalue weighted by Crippen LogP contribution is 2.26. The normalized spacial score (nSPS) is 16.8. The van der Waals surface area contributed by atoms with E-state index in [1.54, 1.807) is 0 Å². The zero-order chi connectivity index (χ0) is 16.2. The van der Waals surface area contributed by atoms with Gasteiger partial charge in [0.1, 0.15) is 18.5 Å². The van der Waals surface area contributed by atoms with Gasteiger partial charge in [0.05, 0.1) is 0 Å². The summed E-state index contributed by atoms with van der Waals surface area (Å²) in [6, 6.07) is 5.81. The lowest BCUT2D eigenvalue weighted by atomic mass is 10.0. The van der Waals surface area contributed by atoms with Crippen LogP contribution in [0.3, 0.4) is 0 Å². The standard InChI is InChI=1S/C17H27N2O3/c1-17(2,3)18-10-14(20)12-22-16-8-4-6-13-11-19(21)9-5-7-15(13)16/h4,6,8,14,18,20H,5,7,9-12H2,1-3H3/q+1. The van der Waals surface area contributed by atoms with Gasteiger partial charge in [0, 0.05) is 39.3 Å². The van der Waals surface area contributed by atoms with Crippen molar-refractivity contribution in [2.75, 3.05) is 19.7 Å². The highest BCUT2D eigenvalue weighted by Gasteiger charge is 2.21. The number of rotatable bonds is 5. The molecule has 1 aliphatic rings. The minimum Gasteiger partial charge on any atom is -0.491 e. The zero-order valence-corrected chi connectivity index (χ0v) is 13.8. The second kappa shape index (κ2) is 7.20. The van der Waals surface area contributed by atoms with Gasteiger partial charge in [0.2, 0.25) is 6.54 Å². The molecule has 0 spiro atoms. The molecule has 0 radical (unpaired) electrons. The van der Waals surface area contributed by atoms with E-state index in [2.05, 4.69) is 26.1 Å². The number of benzene rings is 1. The molecule has 1 heterocycles. The summed E-state index contributed by atoms with van der Waals surface area (Å²) in [5, 5.41) is 13.3. The Kier molecular flexibility index (Phi) is 5.53. The minimum absolute atomic E-state index is 0.0254. The Morgan fingerprint density at radius 2 is 2.18 bits per heavy atom. The molecule has 5 nitrogen and oxygen atoms in total. The van der Waals surface area contributed by atoms with Crippen LogP contribution in [0.2, 0.25) is 0 Å². The van der Waals surface area contributed by atoms with E-state index in [0.717, 1.165) is 34.5 Å². The first-order valence-corrected chi connectivity index (χ1v) is 7.94. The minimum atomic E-state index is -0.558. The molecule has 1 aliphatic heterocycles. The van der Waals surface area contributed by atoms with Crippen LogP contribution in [0.1, 0.15) is 38.3 Å². The molecule has 0 aliphatic carbocycles. The fraction of sp³-hybridized carbons (Fsp3) is 0.647. The predicted octanol–water partition coefficient (Wildman–Crippen LogP) is 2.04. The van der Waals surface area contributed by atoms with E-state index in [1.807, 2.05) is 18.2 Å². The van der Waals surface area contributed by atoms with Crippen LogP contribution in [0.4, 0.5) is 0 Å². The molecule has 0 fully saturated rings. The Labute approximate surface area is 132 Å². The van der Waals surface area contributed by atoms with E-state index >= 15 is 0 Å². The largest absolute Gasteiger partial charge is 0.491 e. The van der Waals surface area contributed by atoms with Gasteiger partial charge < -0.3 is 15.2 Å². The topological polar surface area (TPSA) is 61.6 Å². The third-order valence-electron chi connectivity index (χ3n) is 3.71. The summed E-state index contributed by atoms with van der Waals surface area (Å²) in [5.74, 6) is 0.794. The molecule has 2 rings (SSSR count). The third-order valence-corrected chi connectivity index (χ3v) is 3.71. The van der Waals surface area contributed by atoms with Crippen molar-refractivity contribution >= 4 is 0 Å². The Balaban J connectivity index is 1.96. The van der Waals surface area contributed by atoms with Crippen molar-refractivity contribution in [2.24, 2.45) is 0 Å². The smallest absolute Gasteiger partial charge is 0.217 e. The van der Waals surface area contributed by atoms with Crippen LogP contribution in [0.15, 0.2) is 18.2 Å². The number of hydrogen-bond donors (Lipinski definition) is 2. The van der Waals surface area contributed by atoms with Gasteiger partial charge >= 0.3 is 0 Å². The summed E-state index contributed by atoms with van der Waals surface area (Å²) in [7, 11) is 0. The lowest BCUT2D eigenvalue weighted by Gasteiger charge is -2.23. The van der Waals surface area contributed by atoms with E-state index in [9.17, 15) is 10.0 Å². The number of aliphatic hydroxyl groups is 1. The number of fused-ring (bicyclic) bond motifs is 1. The fourth-order valence-electron chi connectivity index (χ4n) is 2.55. The fourth-order valence-corrected chi connectivity index (χ4v) is 2.55. The average molecular weight is 307 g/mol. The van der Waals surface area contributed by atoms with Crippen LogP contribution in [-0.2, 0) is 13.0 Å². The second-order valence-electron chi connectivity index (χ2n) is 6.96. The van der Waals surface area contributed by atoms with Gasteiger partial charge in [0.25, 0.3) is 0 Å². The summed E-state index contributed by atoms with van der Waals surface area (Å²) in [6.07, 6.45) is 1.13. The Morgan fingerprint density at radius 1 is 1.41 bits per heavy atom. The van der Waals surface area contributed by atoms with Crippen LogP contribution >= 0.6 is 0 Å². The monoisotopic (exact) mass is 307 g/mol. The first-order chi connectivity index (χ1) is 10.3. The molecule has 2 N–H and O–H groups in total. The molecule has 0 aromatic heterocycles. The molecule has 0 amide bonds. The van der Waals surface area contributed by atoms with Gasteiger partial charge in [-0.15, -0.1) is 0 Å². The van der Waals surface area contributed by atoms with Gasteiger partial charge in [-0.3, -0.25) is 0 Å². The van der Waals surface area contributed by atoms with Crippen molar-refractivity contribution in [1.82, 2.24) is 5.32 Å². The summed E-state index contributed by atoms with van der Waals surface area (Å²) >= 11 is 0. The molecule has 122 valence electrons. The molecule has 0 saturated carbocycles. The van der Waals surface area contributed by atoms with Crippen molar-refractivity contribution in [3.05, 3.63) is 34.2 Å². The van der Waals surface area contributed by atoms with Gasteiger partial charge in [-0.1, -0.05) is 12.1 Å². The van der Waals surface area contributed by atoms with Crippen molar-refractivity contribution in [1.29, 1.82) is 0 Å². The highest BCUT2D eigenvalue weighted by atomic mass is 16.5. The van der Waals surface area contributed by atoms with Crippen LogP contribution in [0, 0.1) is 4.91 Å². The maximum absolute atomic E-state index is 11.6. The van der Waals surface area contributed by atoms with Crippen molar-refractivity contribution < 1.29 is 14.6 Å². The number of β-amino-alcohol motifs (C(OH)–C–C–N with tert-alkyl or cyclic N) is 1. The molecule has 1 aromatic rings. The third kappa shape index (κ3) is 5.07. The zero-order valence-electron chi connectivity index (χ0n) is 13.8. The van der Waals surface area contributed by atoms with E-state index in [-0.39, 0.29) is 12.1 Å². The molecular formula is C17H27N2O3+. The Morgan fingerprint density at radius 3 is 2.91 bits per heavy atom. The second-order valence-corrected chi connectivity index (χ2v) is 6.96. The average Bonchev–Trinajstić information content (AvgIpc) is 2.63. The van der Waals surface area contributed by atoms with E-state index < -0.39 is 6.10 Å². The summed E-state index contributed by atoms with van der Waals surface area (Å²) in [4.78, 5) is 11.6. The number of aliphatic hydroxyl groups excluding tert-OH is 1. The van der Waals surface area contributed by atoms with Crippen molar-refractivity contribution in [2.45, 2.75) is 51.8 Å². The lowest BCUT2D eigenvalue weighted by Crippen LogP contribution is -2.42.